The number of methoxy groups -OCH3 is 1. The lowest BCUT2D eigenvalue weighted by atomic mass is 10.1. The Kier molecular flexibility index (Phi) is 6.08. The summed E-state index contributed by atoms with van der Waals surface area (Å²) in [6.07, 6.45) is 2.69. The van der Waals surface area contributed by atoms with Crippen LogP contribution in [0.25, 0.3) is 0 Å². The molecule has 1 aliphatic rings. The summed E-state index contributed by atoms with van der Waals surface area (Å²) in [6.45, 7) is 1.37. The smallest absolute Gasteiger partial charge is 0.318 e. The molecule has 2 aromatic rings. The van der Waals surface area contributed by atoms with Gasteiger partial charge >= 0.3 is 6.03 Å². The van der Waals surface area contributed by atoms with Crippen LogP contribution in [-0.2, 0) is 6.54 Å². The summed E-state index contributed by atoms with van der Waals surface area (Å²) in [5.74, 6) is 0.313. The van der Waals surface area contributed by atoms with Gasteiger partial charge in [-0.3, -0.25) is 4.98 Å². The molecule has 0 spiro atoms. The van der Waals surface area contributed by atoms with Crippen LogP contribution in [-0.4, -0.2) is 60.4 Å². The first kappa shape index (κ1) is 18.9. The Bertz CT molecular complexity index is 789. The maximum absolute atomic E-state index is 14.0. The van der Waals surface area contributed by atoms with Gasteiger partial charge in [0, 0.05) is 32.4 Å². The molecular formula is C19H23FN4O3. The molecule has 2 heterocycles. The van der Waals surface area contributed by atoms with Crippen molar-refractivity contribution in [1.82, 2.24) is 15.2 Å². The van der Waals surface area contributed by atoms with Crippen LogP contribution in [0.3, 0.4) is 0 Å². The Balaban J connectivity index is 1.61. The molecule has 2 amide bonds. The summed E-state index contributed by atoms with van der Waals surface area (Å²) in [5.41, 5.74) is 1.35. The van der Waals surface area contributed by atoms with E-state index in [2.05, 4.69) is 10.3 Å². The number of aliphatic hydroxyl groups excluding tert-OH is 1. The Hall–Kier alpha value is -2.87. The van der Waals surface area contributed by atoms with Crippen molar-refractivity contribution in [3.8, 4) is 5.75 Å². The summed E-state index contributed by atoms with van der Waals surface area (Å²) < 4.78 is 19.1. The minimum Gasteiger partial charge on any atom is -0.497 e. The first-order chi connectivity index (χ1) is 13.1. The zero-order chi connectivity index (χ0) is 19.2. The van der Waals surface area contributed by atoms with Gasteiger partial charge in [0.25, 0.3) is 0 Å². The standard InChI is InChI=1S/C19H23FN4O3/c1-27-16-4-2-3-14(9-16)10-22-19(26)24-8-7-23(12-15(24)13-25)18-5-6-21-11-17(18)20/h2-6,9,11,15,25H,7-8,10,12-13H2,1H3,(H,22,26). The first-order valence-electron chi connectivity index (χ1n) is 8.75. The van der Waals surface area contributed by atoms with Crippen molar-refractivity contribution in [2.24, 2.45) is 0 Å². The summed E-state index contributed by atoms with van der Waals surface area (Å²) in [5, 5.41) is 12.6. The van der Waals surface area contributed by atoms with Crippen LogP contribution >= 0.6 is 0 Å². The third kappa shape index (κ3) is 4.46. The Morgan fingerprint density at radius 2 is 2.26 bits per heavy atom. The Morgan fingerprint density at radius 3 is 3.00 bits per heavy atom. The monoisotopic (exact) mass is 374 g/mol. The molecule has 8 heteroatoms. The Labute approximate surface area is 157 Å². The maximum Gasteiger partial charge on any atom is 0.318 e. The highest BCUT2D eigenvalue weighted by Crippen LogP contribution is 2.21. The van der Waals surface area contributed by atoms with Crippen LogP contribution < -0.4 is 15.0 Å². The molecule has 0 aliphatic carbocycles. The van der Waals surface area contributed by atoms with E-state index in [-0.39, 0.29) is 12.6 Å². The second kappa shape index (κ2) is 8.68. The number of nitrogens with one attached hydrogen (secondary N) is 1. The zero-order valence-corrected chi connectivity index (χ0v) is 15.1. The lowest BCUT2D eigenvalue weighted by Gasteiger charge is -2.41. The van der Waals surface area contributed by atoms with Gasteiger partial charge in [-0.1, -0.05) is 12.1 Å². The second-order valence-corrected chi connectivity index (χ2v) is 6.31. The summed E-state index contributed by atoms with van der Waals surface area (Å²) in [4.78, 5) is 19.7. The molecule has 0 bridgehead atoms. The van der Waals surface area contributed by atoms with E-state index in [1.165, 1.54) is 6.20 Å². The van der Waals surface area contributed by atoms with E-state index in [1.54, 1.807) is 18.1 Å². The summed E-state index contributed by atoms with van der Waals surface area (Å²) >= 11 is 0. The van der Waals surface area contributed by atoms with Crippen molar-refractivity contribution in [1.29, 1.82) is 0 Å². The molecule has 1 atom stereocenters. The number of aliphatic hydroxyl groups is 1. The zero-order valence-electron chi connectivity index (χ0n) is 15.1. The van der Waals surface area contributed by atoms with Crippen molar-refractivity contribution in [3.63, 3.8) is 0 Å². The van der Waals surface area contributed by atoms with Crippen LogP contribution in [0.1, 0.15) is 5.56 Å². The SMILES string of the molecule is COc1cccc(CNC(=O)N2CCN(c3ccncc3F)CC2CO)c1. The van der Waals surface area contributed by atoms with Gasteiger partial charge in [-0.05, 0) is 23.8 Å². The van der Waals surface area contributed by atoms with Crippen molar-refractivity contribution < 1.29 is 19.0 Å². The molecule has 1 fully saturated rings. The van der Waals surface area contributed by atoms with E-state index in [0.717, 1.165) is 17.5 Å². The van der Waals surface area contributed by atoms with Gasteiger partial charge in [-0.2, -0.15) is 0 Å². The van der Waals surface area contributed by atoms with E-state index < -0.39 is 11.9 Å². The van der Waals surface area contributed by atoms with E-state index in [9.17, 15) is 14.3 Å². The number of amides is 2. The summed E-state index contributed by atoms with van der Waals surface area (Å²) in [6, 6.07) is 8.37. The topological polar surface area (TPSA) is 77.9 Å². The molecule has 144 valence electrons. The lowest BCUT2D eigenvalue weighted by molar-refractivity contribution is 0.124. The third-order valence-electron chi connectivity index (χ3n) is 4.62. The van der Waals surface area contributed by atoms with Gasteiger partial charge < -0.3 is 25.0 Å². The minimum atomic E-state index is -0.420. The number of anilines is 1. The normalized spacial score (nSPS) is 16.9. The van der Waals surface area contributed by atoms with Gasteiger partial charge in [0.15, 0.2) is 5.82 Å². The molecule has 1 aromatic heterocycles. The van der Waals surface area contributed by atoms with Crippen molar-refractivity contribution in [3.05, 3.63) is 54.1 Å². The van der Waals surface area contributed by atoms with Crippen LogP contribution in [0.2, 0.25) is 0 Å². The molecule has 1 saturated heterocycles. The maximum atomic E-state index is 14.0. The molecular weight excluding hydrogens is 351 g/mol. The molecule has 0 radical (unpaired) electrons. The molecule has 7 nitrogen and oxygen atoms in total. The average molecular weight is 374 g/mol. The number of rotatable bonds is 5. The average Bonchev–Trinajstić information content (AvgIpc) is 2.72. The number of carbonyl (C=O) groups is 1. The number of ether oxygens (including phenoxy) is 1. The quantitative estimate of drug-likeness (QED) is 0.832. The summed E-state index contributed by atoms with van der Waals surface area (Å²) in [7, 11) is 1.59. The van der Waals surface area contributed by atoms with Gasteiger partial charge in [-0.15, -0.1) is 0 Å². The van der Waals surface area contributed by atoms with E-state index in [0.29, 0.717) is 31.9 Å². The fraction of sp³-hybridized carbons (Fsp3) is 0.368. The number of carbonyl (C=O) groups excluding carboxylic acids is 1. The second-order valence-electron chi connectivity index (χ2n) is 6.31. The number of benzene rings is 1. The third-order valence-corrected chi connectivity index (χ3v) is 4.62. The highest BCUT2D eigenvalue weighted by Gasteiger charge is 2.31. The van der Waals surface area contributed by atoms with E-state index in [1.807, 2.05) is 29.2 Å². The van der Waals surface area contributed by atoms with Crippen LogP contribution in [0.15, 0.2) is 42.7 Å². The number of halogens is 1. The molecule has 1 aromatic carbocycles. The minimum absolute atomic E-state index is 0.199. The fourth-order valence-electron chi connectivity index (χ4n) is 3.18. The van der Waals surface area contributed by atoms with E-state index >= 15 is 0 Å². The number of nitrogens with zero attached hydrogens (tertiary/aromatic N) is 3. The van der Waals surface area contributed by atoms with Gasteiger partial charge in [0.05, 0.1) is 31.6 Å². The molecule has 3 rings (SSSR count). The van der Waals surface area contributed by atoms with E-state index in [4.69, 9.17) is 4.74 Å². The first-order valence-corrected chi connectivity index (χ1v) is 8.75. The fourth-order valence-corrected chi connectivity index (χ4v) is 3.18. The number of urea groups is 1. The highest BCUT2D eigenvalue weighted by molar-refractivity contribution is 5.75. The predicted molar refractivity (Wildman–Crippen MR) is 99.2 cm³/mol. The molecule has 2 N–H and O–H groups in total. The number of aromatic nitrogens is 1. The lowest BCUT2D eigenvalue weighted by Crippen LogP contribution is -2.59. The van der Waals surface area contributed by atoms with Gasteiger partial charge in [0.2, 0.25) is 0 Å². The number of pyridine rings is 1. The highest BCUT2D eigenvalue weighted by atomic mass is 19.1. The van der Waals surface area contributed by atoms with Crippen LogP contribution in [0, 0.1) is 5.82 Å². The van der Waals surface area contributed by atoms with Crippen molar-refractivity contribution in [2.45, 2.75) is 12.6 Å². The van der Waals surface area contributed by atoms with Crippen LogP contribution in [0.5, 0.6) is 5.75 Å². The predicted octanol–water partition coefficient (Wildman–Crippen LogP) is 1.62. The van der Waals surface area contributed by atoms with Gasteiger partial charge in [0.1, 0.15) is 5.75 Å². The van der Waals surface area contributed by atoms with Crippen LogP contribution in [0.4, 0.5) is 14.9 Å². The Morgan fingerprint density at radius 1 is 1.41 bits per heavy atom. The number of hydrogen-bond acceptors (Lipinski definition) is 5. The molecule has 0 saturated carbocycles. The molecule has 1 aliphatic heterocycles. The number of hydrogen-bond donors (Lipinski definition) is 2. The van der Waals surface area contributed by atoms with Crippen molar-refractivity contribution >= 4 is 11.7 Å². The van der Waals surface area contributed by atoms with Crippen molar-refractivity contribution in [2.75, 3.05) is 38.3 Å². The van der Waals surface area contributed by atoms with Gasteiger partial charge in [-0.25, -0.2) is 9.18 Å². The molecule has 27 heavy (non-hydrogen) atoms. The molecule has 1 unspecified atom stereocenters. The largest absolute Gasteiger partial charge is 0.497 e. The number of piperazine rings is 1.